The lowest BCUT2D eigenvalue weighted by Gasteiger charge is -2.05. The van der Waals surface area contributed by atoms with E-state index in [4.69, 9.17) is 11.6 Å². The molecule has 0 bridgehead atoms. The first-order valence-corrected chi connectivity index (χ1v) is 7.11. The van der Waals surface area contributed by atoms with E-state index in [0.717, 1.165) is 21.6 Å². The van der Waals surface area contributed by atoms with Gasteiger partial charge in [-0.2, -0.15) is 0 Å². The molecule has 100 valence electrons. The van der Waals surface area contributed by atoms with Crippen molar-refractivity contribution in [1.29, 1.82) is 0 Å². The van der Waals surface area contributed by atoms with Crippen LogP contribution < -0.4 is 10.6 Å². The van der Waals surface area contributed by atoms with Gasteiger partial charge in [0.15, 0.2) is 0 Å². The van der Waals surface area contributed by atoms with Gasteiger partial charge in [0.05, 0.1) is 16.4 Å². The lowest BCUT2D eigenvalue weighted by molar-refractivity contribution is 0.0951. The molecule has 0 radical (unpaired) electrons. The van der Waals surface area contributed by atoms with Crippen LogP contribution in [0.1, 0.15) is 22.2 Å². The van der Waals surface area contributed by atoms with E-state index in [9.17, 15) is 4.79 Å². The first-order chi connectivity index (χ1) is 9.19. The Balaban J connectivity index is 1.92. The summed E-state index contributed by atoms with van der Waals surface area (Å²) in [6, 6.07) is 7.27. The molecule has 0 saturated heterocycles. The highest BCUT2D eigenvalue weighted by atomic mass is 35.5. The molecule has 0 aliphatic rings. The molecule has 2 heterocycles. The highest BCUT2D eigenvalue weighted by Crippen LogP contribution is 2.21. The van der Waals surface area contributed by atoms with Gasteiger partial charge in [-0.1, -0.05) is 11.6 Å². The van der Waals surface area contributed by atoms with Gasteiger partial charge in [0.2, 0.25) is 0 Å². The molecule has 0 spiro atoms. The SMILES string of the molecule is CCNc1ccc(C(=O)NCc2ccc(Cl)s2)cn1. The average Bonchev–Trinajstić information content (AvgIpc) is 2.83. The van der Waals surface area contributed by atoms with Crippen molar-refractivity contribution >= 4 is 34.7 Å². The van der Waals surface area contributed by atoms with Crippen LogP contribution >= 0.6 is 22.9 Å². The molecule has 0 fully saturated rings. The number of hydrogen-bond acceptors (Lipinski definition) is 4. The van der Waals surface area contributed by atoms with Crippen LogP contribution in [0.4, 0.5) is 5.82 Å². The highest BCUT2D eigenvalue weighted by molar-refractivity contribution is 7.16. The van der Waals surface area contributed by atoms with Gasteiger partial charge in [-0.15, -0.1) is 11.3 Å². The van der Waals surface area contributed by atoms with Gasteiger partial charge in [-0.05, 0) is 31.2 Å². The summed E-state index contributed by atoms with van der Waals surface area (Å²) in [5.74, 6) is 0.629. The number of carbonyl (C=O) groups is 1. The van der Waals surface area contributed by atoms with Gasteiger partial charge in [0, 0.05) is 17.6 Å². The molecule has 0 aromatic carbocycles. The van der Waals surface area contributed by atoms with Gasteiger partial charge in [-0.3, -0.25) is 4.79 Å². The smallest absolute Gasteiger partial charge is 0.253 e. The van der Waals surface area contributed by atoms with Crippen LogP contribution in [0.15, 0.2) is 30.5 Å². The Hall–Kier alpha value is -1.59. The van der Waals surface area contributed by atoms with Gasteiger partial charge >= 0.3 is 0 Å². The number of nitrogens with zero attached hydrogens (tertiary/aromatic N) is 1. The monoisotopic (exact) mass is 295 g/mol. The van der Waals surface area contributed by atoms with Crippen LogP contribution in [0.25, 0.3) is 0 Å². The van der Waals surface area contributed by atoms with Crippen LogP contribution in [-0.4, -0.2) is 17.4 Å². The van der Waals surface area contributed by atoms with Crippen molar-refractivity contribution in [2.45, 2.75) is 13.5 Å². The fourth-order valence-electron chi connectivity index (χ4n) is 1.53. The molecule has 6 heteroatoms. The van der Waals surface area contributed by atoms with Crippen molar-refractivity contribution in [3.8, 4) is 0 Å². The molecule has 4 nitrogen and oxygen atoms in total. The van der Waals surface area contributed by atoms with Crippen LogP contribution in [0, 0.1) is 0 Å². The van der Waals surface area contributed by atoms with E-state index in [1.807, 2.05) is 19.1 Å². The predicted molar refractivity (Wildman–Crippen MR) is 78.9 cm³/mol. The molecule has 2 N–H and O–H groups in total. The van der Waals surface area contributed by atoms with Gasteiger partial charge in [-0.25, -0.2) is 4.98 Å². The molecule has 1 amide bonds. The Kier molecular flexibility index (Phi) is 4.76. The number of aromatic nitrogens is 1. The summed E-state index contributed by atoms with van der Waals surface area (Å²) in [5, 5.41) is 5.91. The number of amides is 1. The van der Waals surface area contributed by atoms with Gasteiger partial charge in [0.25, 0.3) is 5.91 Å². The lowest BCUT2D eigenvalue weighted by Crippen LogP contribution is -2.22. The Morgan fingerprint density at radius 3 is 2.79 bits per heavy atom. The van der Waals surface area contributed by atoms with Gasteiger partial charge < -0.3 is 10.6 Å². The normalized spacial score (nSPS) is 10.2. The second-order valence-electron chi connectivity index (χ2n) is 3.85. The van der Waals surface area contributed by atoms with Crippen LogP contribution in [-0.2, 0) is 6.54 Å². The first-order valence-electron chi connectivity index (χ1n) is 5.91. The topological polar surface area (TPSA) is 54.0 Å². The summed E-state index contributed by atoms with van der Waals surface area (Å²) in [7, 11) is 0. The summed E-state index contributed by atoms with van der Waals surface area (Å²) in [6.45, 7) is 3.28. The van der Waals surface area contributed by atoms with Gasteiger partial charge in [0.1, 0.15) is 5.82 Å². The zero-order valence-electron chi connectivity index (χ0n) is 10.4. The third-order valence-electron chi connectivity index (χ3n) is 2.44. The minimum atomic E-state index is -0.139. The molecular formula is C13H14ClN3OS. The third-order valence-corrected chi connectivity index (χ3v) is 3.67. The Labute approximate surface area is 120 Å². The minimum absolute atomic E-state index is 0.139. The van der Waals surface area contributed by atoms with Crippen LogP contribution in [0.5, 0.6) is 0 Å². The first kappa shape index (κ1) is 13.8. The van der Waals surface area contributed by atoms with E-state index < -0.39 is 0 Å². The van der Waals surface area contributed by atoms with E-state index in [2.05, 4.69) is 15.6 Å². The molecule has 2 rings (SSSR count). The minimum Gasteiger partial charge on any atom is -0.370 e. The number of rotatable bonds is 5. The van der Waals surface area contributed by atoms with E-state index >= 15 is 0 Å². The Morgan fingerprint density at radius 1 is 1.37 bits per heavy atom. The quantitative estimate of drug-likeness (QED) is 0.891. The number of carbonyl (C=O) groups excluding carboxylic acids is 1. The molecular weight excluding hydrogens is 282 g/mol. The zero-order valence-corrected chi connectivity index (χ0v) is 12.0. The number of anilines is 1. The summed E-state index contributed by atoms with van der Waals surface area (Å²) in [4.78, 5) is 17.1. The fraction of sp³-hybridized carbons (Fsp3) is 0.231. The summed E-state index contributed by atoms with van der Waals surface area (Å²) < 4.78 is 0.723. The maximum atomic E-state index is 11.9. The Bertz CT molecular complexity index is 553. The number of hydrogen-bond donors (Lipinski definition) is 2. The summed E-state index contributed by atoms with van der Waals surface area (Å²) >= 11 is 7.29. The molecule has 0 aliphatic heterocycles. The van der Waals surface area contributed by atoms with E-state index in [1.165, 1.54) is 11.3 Å². The standard InChI is InChI=1S/C13H14ClN3OS/c1-2-15-12-6-3-9(7-16-12)13(18)17-8-10-4-5-11(14)19-10/h3-7H,2,8H2,1H3,(H,15,16)(H,17,18). The Morgan fingerprint density at radius 2 is 2.21 bits per heavy atom. The largest absolute Gasteiger partial charge is 0.370 e. The zero-order chi connectivity index (χ0) is 13.7. The maximum absolute atomic E-state index is 11.9. The highest BCUT2D eigenvalue weighted by Gasteiger charge is 2.06. The second kappa shape index (κ2) is 6.54. The van der Waals surface area contributed by atoms with E-state index in [-0.39, 0.29) is 5.91 Å². The predicted octanol–water partition coefficient (Wildman–Crippen LogP) is 3.16. The maximum Gasteiger partial charge on any atom is 0.253 e. The lowest BCUT2D eigenvalue weighted by atomic mass is 10.2. The number of halogens is 1. The van der Waals surface area contributed by atoms with Crippen LogP contribution in [0.2, 0.25) is 4.34 Å². The van der Waals surface area contributed by atoms with Crippen molar-refractivity contribution in [1.82, 2.24) is 10.3 Å². The second-order valence-corrected chi connectivity index (χ2v) is 5.65. The molecule has 2 aromatic rings. The fourth-order valence-corrected chi connectivity index (χ4v) is 2.56. The molecule has 0 saturated carbocycles. The summed E-state index contributed by atoms with van der Waals surface area (Å²) in [6.07, 6.45) is 1.56. The van der Waals surface area contributed by atoms with Crippen molar-refractivity contribution < 1.29 is 4.79 Å². The van der Waals surface area contributed by atoms with E-state index in [0.29, 0.717) is 12.1 Å². The number of nitrogens with one attached hydrogen (secondary N) is 2. The average molecular weight is 296 g/mol. The third kappa shape index (κ3) is 3.94. The molecule has 0 atom stereocenters. The number of thiophene rings is 1. The molecule has 0 aliphatic carbocycles. The van der Waals surface area contributed by atoms with Crippen molar-refractivity contribution in [3.63, 3.8) is 0 Å². The van der Waals surface area contributed by atoms with Crippen LogP contribution in [0.3, 0.4) is 0 Å². The van der Waals surface area contributed by atoms with E-state index in [1.54, 1.807) is 18.3 Å². The van der Waals surface area contributed by atoms with Crippen molar-refractivity contribution in [3.05, 3.63) is 45.2 Å². The molecule has 0 unspecified atom stereocenters. The molecule has 2 aromatic heterocycles. The van der Waals surface area contributed by atoms with Crippen molar-refractivity contribution in [2.24, 2.45) is 0 Å². The number of pyridine rings is 1. The van der Waals surface area contributed by atoms with Crippen molar-refractivity contribution in [2.75, 3.05) is 11.9 Å². The summed E-state index contributed by atoms with van der Waals surface area (Å²) in [5.41, 5.74) is 0.546. The molecule has 19 heavy (non-hydrogen) atoms.